The molecule has 6 heteroatoms. The number of oxazole rings is 1. The molecular weight excluding hydrogens is 310 g/mol. The normalized spacial score (nSPS) is 18.8. The summed E-state index contributed by atoms with van der Waals surface area (Å²) < 4.78 is 11.1. The van der Waals surface area contributed by atoms with E-state index < -0.39 is 0 Å². The number of likely N-dealkylation sites (tertiary alicyclic amines) is 1. The van der Waals surface area contributed by atoms with Crippen LogP contribution in [0.3, 0.4) is 0 Å². The number of nitrogens with zero attached hydrogens (tertiary/aromatic N) is 3. The van der Waals surface area contributed by atoms with Crippen LogP contribution in [-0.2, 0) is 6.54 Å². The second-order valence-electron chi connectivity index (χ2n) is 5.99. The largest absolute Gasteiger partial charge is 0.440 e. The summed E-state index contributed by atoms with van der Waals surface area (Å²) in [5.74, 6) is 2.49. The van der Waals surface area contributed by atoms with E-state index in [-0.39, 0.29) is 0 Å². The molecule has 3 aromatic heterocycles. The van der Waals surface area contributed by atoms with Crippen LogP contribution in [0.2, 0.25) is 0 Å². The van der Waals surface area contributed by atoms with Crippen molar-refractivity contribution in [2.75, 3.05) is 6.54 Å². The maximum atomic E-state index is 5.85. The van der Waals surface area contributed by atoms with Crippen molar-refractivity contribution in [3.05, 3.63) is 46.5 Å². The van der Waals surface area contributed by atoms with E-state index in [1.54, 1.807) is 11.3 Å². The molecular formula is C17H19N3O2S. The van der Waals surface area contributed by atoms with Crippen molar-refractivity contribution in [2.45, 2.75) is 39.3 Å². The highest BCUT2D eigenvalue weighted by Crippen LogP contribution is 2.34. The lowest BCUT2D eigenvalue weighted by Gasteiger charge is -2.21. The molecule has 0 radical (unpaired) electrons. The molecule has 0 aromatic carbocycles. The molecule has 1 aliphatic rings. The van der Waals surface area contributed by atoms with Crippen molar-refractivity contribution in [3.8, 4) is 10.8 Å². The van der Waals surface area contributed by atoms with Crippen molar-refractivity contribution < 1.29 is 8.94 Å². The second-order valence-corrected chi connectivity index (χ2v) is 6.94. The molecule has 0 spiro atoms. The van der Waals surface area contributed by atoms with Gasteiger partial charge in [-0.25, -0.2) is 4.98 Å². The van der Waals surface area contributed by atoms with Gasteiger partial charge in [-0.1, -0.05) is 11.2 Å². The van der Waals surface area contributed by atoms with Gasteiger partial charge in [-0.3, -0.25) is 4.90 Å². The number of rotatable bonds is 4. The summed E-state index contributed by atoms with van der Waals surface area (Å²) in [5, 5.41) is 6.24. The Hall–Kier alpha value is -1.92. The number of hydrogen-bond acceptors (Lipinski definition) is 6. The molecule has 1 aliphatic heterocycles. The lowest BCUT2D eigenvalue weighted by molar-refractivity contribution is 0.233. The molecule has 5 nitrogen and oxygen atoms in total. The predicted octanol–water partition coefficient (Wildman–Crippen LogP) is 4.35. The molecule has 0 amide bonds. The smallest absolute Gasteiger partial charge is 0.236 e. The third kappa shape index (κ3) is 2.84. The summed E-state index contributed by atoms with van der Waals surface area (Å²) in [6, 6.07) is 6.41. The van der Waals surface area contributed by atoms with E-state index in [9.17, 15) is 0 Å². The summed E-state index contributed by atoms with van der Waals surface area (Å²) in [6.45, 7) is 5.77. The average molecular weight is 329 g/mol. The van der Waals surface area contributed by atoms with Crippen molar-refractivity contribution in [2.24, 2.45) is 0 Å². The number of aryl methyl sites for hydroxylation is 2. The van der Waals surface area contributed by atoms with Gasteiger partial charge in [0.15, 0.2) is 0 Å². The quantitative estimate of drug-likeness (QED) is 0.712. The Labute approximate surface area is 138 Å². The first kappa shape index (κ1) is 14.7. The Balaban J connectivity index is 1.55. The fraction of sp³-hybridized carbons (Fsp3) is 0.412. The molecule has 4 rings (SSSR count). The summed E-state index contributed by atoms with van der Waals surface area (Å²) in [4.78, 5) is 8.20. The van der Waals surface area contributed by atoms with Crippen LogP contribution in [0.5, 0.6) is 0 Å². The van der Waals surface area contributed by atoms with Gasteiger partial charge < -0.3 is 8.94 Å². The minimum absolute atomic E-state index is 0.314. The van der Waals surface area contributed by atoms with Gasteiger partial charge >= 0.3 is 0 Å². The zero-order valence-corrected chi connectivity index (χ0v) is 14.1. The molecule has 1 saturated heterocycles. The maximum absolute atomic E-state index is 5.85. The Morgan fingerprint density at radius 2 is 2.30 bits per heavy atom. The van der Waals surface area contributed by atoms with E-state index in [2.05, 4.69) is 10.1 Å². The lowest BCUT2D eigenvalue weighted by atomic mass is 10.1. The standard InChI is InChI=1S/C17H19N3O2S/c1-11-9-13(19-22-11)15-5-3-7-20(15)10-14-12(2)21-17(18-14)16-6-4-8-23-16/h4,6,8-9,15H,3,5,7,10H2,1-2H3/t15-/m0/s1. The molecule has 4 heterocycles. The molecule has 1 fully saturated rings. The van der Waals surface area contributed by atoms with E-state index in [0.717, 1.165) is 53.2 Å². The molecule has 3 aromatic rings. The number of hydrogen-bond donors (Lipinski definition) is 0. The fourth-order valence-electron chi connectivity index (χ4n) is 3.17. The minimum Gasteiger partial charge on any atom is -0.440 e. The molecule has 0 N–H and O–H groups in total. The second kappa shape index (κ2) is 5.94. The lowest BCUT2D eigenvalue weighted by Crippen LogP contribution is -2.23. The van der Waals surface area contributed by atoms with Gasteiger partial charge in [0, 0.05) is 12.6 Å². The highest BCUT2D eigenvalue weighted by atomic mass is 32.1. The van der Waals surface area contributed by atoms with Crippen molar-refractivity contribution in [3.63, 3.8) is 0 Å². The van der Waals surface area contributed by atoms with E-state index >= 15 is 0 Å². The number of thiophene rings is 1. The molecule has 120 valence electrons. The van der Waals surface area contributed by atoms with E-state index in [1.165, 1.54) is 6.42 Å². The first-order valence-electron chi connectivity index (χ1n) is 7.88. The zero-order chi connectivity index (χ0) is 15.8. The van der Waals surface area contributed by atoms with Gasteiger partial charge in [-0.15, -0.1) is 11.3 Å². The summed E-state index contributed by atoms with van der Waals surface area (Å²) >= 11 is 1.65. The van der Waals surface area contributed by atoms with Crippen LogP contribution >= 0.6 is 11.3 Å². The molecule has 23 heavy (non-hydrogen) atoms. The SMILES string of the molecule is Cc1cc([C@@H]2CCCN2Cc2nc(-c3cccs3)oc2C)no1. The molecule has 0 aliphatic carbocycles. The van der Waals surface area contributed by atoms with Crippen molar-refractivity contribution in [1.82, 2.24) is 15.0 Å². The topological polar surface area (TPSA) is 55.3 Å². The van der Waals surface area contributed by atoms with Crippen LogP contribution in [0.25, 0.3) is 10.8 Å². The first-order valence-corrected chi connectivity index (χ1v) is 8.76. The fourth-order valence-corrected chi connectivity index (χ4v) is 3.81. The molecule has 0 bridgehead atoms. The van der Waals surface area contributed by atoms with Crippen LogP contribution in [-0.4, -0.2) is 21.6 Å². The minimum atomic E-state index is 0.314. The van der Waals surface area contributed by atoms with Crippen molar-refractivity contribution >= 4 is 11.3 Å². The van der Waals surface area contributed by atoms with Gasteiger partial charge in [0.05, 0.1) is 16.6 Å². The summed E-state index contributed by atoms with van der Waals surface area (Å²) in [6.07, 6.45) is 2.28. The third-order valence-corrected chi connectivity index (χ3v) is 5.19. The average Bonchev–Trinajstić information content (AvgIpc) is 3.28. The third-order valence-electron chi connectivity index (χ3n) is 4.33. The van der Waals surface area contributed by atoms with Gasteiger partial charge in [-0.2, -0.15) is 0 Å². The van der Waals surface area contributed by atoms with Crippen LogP contribution in [0.1, 0.15) is 41.8 Å². The zero-order valence-electron chi connectivity index (χ0n) is 13.3. The monoisotopic (exact) mass is 329 g/mol. The van der Waals surface area contributed by atoms with E-state index in [0.29, 0.717) is 6.04 Å². The Kier molecular flexibility index (Phi) is 3.79. The highest BCUT2D eigenvalue weighted by molar-refractivity contribution is 7.13. The van der Waals surface area contributed by atoms with E-state index in [1.807, 2.05) is 37.4 Å². The highest BCUT2D eigenvalue weighted by Gasteiger charge is 2.29. The van der Waals surface area contributed by atoms with Crippen LogP contribution in [0.4, 0.5) is 0 Å². The molecule has 0 unspecified atom stereocenters. The maximum Gasteiger partial charge on any atom is 0.236 e. The number of aromatic nitrogens is 2. The van der Waals surface area contributed by atoms with Gasteiger partial charge in [-0.05, 0) is 44.7 Å². The Morgan fingerprint density at radius 1 is 1.39 bits per heavy atom. The van der Waals surface area contributed by atoms with Gasteiger partial charge in [0.25, 0.3) is 0 Å². The Morgan fingerprint density at radius 3 is 3.04 bits per heavy atom. The van der Waals surface area contributed by atoms with E-state index in [4.69, 9.17) is 13.9 Å². The van der Waals surface area contributed by atoms with Crippen LogP contribution in [0, 0.1) is 13.8 Å². The van der Waals surface area contributed by atoms with Gasteiger partial charge in [0.1, 0.15) is 17.2 Å². The summed E-state index contributed by atoms with van der Waals surface area (Å²) in [5.41, 5.74) is 2.04. The predicted molar refractivity (Wildman–Crippen MR) is 88.2 cm³/mol. The first-order chi connectivity index (χ1) is 11.2. The Bertz CT molecular complexity index is 791. The van der Waals surface area contributed by atoms with Crippen LogP contribution in [0.15, 0.2) is 32.5 Å². The van der Waals surface area contributed by atoms with Crippen LogP contribution < -0.4 is 0 Å². The molecule has 0 saturated carbocycles. The van der Waals surface area contributed by atoms with Gasteiger partial charge in [0.2, 0.25) is 5.89 Å². The summed E-state index contributed by atoms with van der Waals surface area (Å²) in [7, 11) is 0. The molecule has 1 atom stereocenters. The van der Waals surface area contributed by atoms with Crippen molar-refractivity contribution in [1.29, 1.82) is 0 Å².